The average molecular weight is 879 g/mol. The zero-order valence-electron chi connectivity index (χ0n) is 36.9. The highest BCUT2D eigenvalue weighted by Crippen LogP contribution is 2.25. The molecule has 346 valence electrons. The molecule has 3 aromatic rings. The smallest absolute Gasteiger partial charge is 0.247 e. The molecule has 2 amide bonds. The number of ether oxygens (including phenoxy) is 3. The largest absolute Gasteiger partial charge is 0.377 e. The number of nitrogens with one attached hydrogen (secondary N) is 1. The number of rotatable bonds is 27. The Balaban J connectivity index is 1.19. The van der Waals surface area contributed by atoms with E-state index < -0.39 is 6.04 Å². The molecule has 0 bridgehead atoms. The summed E-state index contributed by atoms with van der Waals surface area (Å²) in [7, 11) is 0. The first-order chi connectivity index (χ1) is 30.7. The van der Waals surface area contributed by atoms with Crippen LogP contribution >= 0.6 is 0 Å². The van der Waals surface area contributed by atoms with Crippen LogP contribution in [0.1, 0.15) is 57.0 Å². The summed E-state index contributed by atoms with van der Waals surface area (Å²) in [6, 6.07) is -0.493. The third-order valence-electron chi connectivity index (χ3n) is 10.8. The molecule has 5 heterocycles. The number of hydrogen-bond donors (Lipinski definition) is 4. The molecule has 0 unspecified atom stereocenters. The van der Waals surface area contributed by atoms with Gasteiger partial charge in [0, 0.05) is 77.8 Å². The third-order valence-corrected chi connectivity index (χ3v) is 10.8. The Kier molecular flexibility index (Phi) is 20.0. The number of aryl methyl sites for hydroxylation is 2. The lowest BCUT2D eigenvalue weighted by Crippen LogP contribution is -2.52. The molecule has 23 nitrogen and oxygen atoms in total. The van der Waals surface area contributed by atoms with Crippen molar-refractivity contribution < 1.29 is 23.8 Å². The summed E-state index contributed by atoms with van der Waals surface area (Å²) in [5.41, 5.74) is 18.2. The molecule has 0 aromatic carbocycles. The van der Waals surface area contributed by atoms with Crippen LogP contribution in [0.15, 0.2) is 17.4 Å². The summed E-state index contributed by atoms with van der Waals surface area (Å²) >= 11 is 0. The maximum atomic E-state index is 14.2. The van der Waals surface area contributed by atoms with E-state index in [1.807, 2.05) is 22.2 Å². The fraction of sp³-hybridized carbons (Fsp3) is 0.700. The number of unbranched alkanes of at least 4 members (excludes halogenated alkanes) is 1. The zero-order chi connectivity index (χ0) is 44.8. The Morgan fingerprint density at radius 1 is 0.825 bits per heavy atom. The van der Waals surface area contributed by atoms with E-state index in [2.05, 4.69) is 60.5 Å². The molecule has 63 heavy (non-hydrogen) atoms. The van der Waals surface area contributed by atoms with Crippen molar-refractivity contribution in [2.45, 2.75) is 65.0 Å². The van der Waals surface area contributed by atoms with Crippen LogP contribution in [0.5, 0.6) is 0 Å². The number of nitrogens with zero attached hydrogens (tertiary/aromatic N) is 14. The van der Waals surface area contributed by atoms with Crippen molar-refractivity contribution >= 4 is 35.6 Å². The number of carbonyl (C=O) groups excluding carboxylic acids is 2. The van der Waals surface area contributed by atoms with E-state index in [1.54, 1.807) is 9.36 Å². The third kappa shape index (κ3) is 15.6. The van der Waals surface area contributed by atoms with E-state index in [4.69, 9.17) is 52.8 Å². The Hall–Kier alpha value is -5.70. The summed E-state index contributed by atoms with van der Waals surface area (Å²) in [4.78, 5) is 53.9. The van der Waals surface area contributed by atoms with E-state index in [1.165, 1.54) is 0 Å². The highest BCUT2D eigenvalue weighted by molar-refractivity contribution is 5.81. The molecule has 3 aromatic heterocycles. The molecule has 23 heteroatoms. The predicted octanol–water partition coefficient (Wildman–Crippen LogP) is -1.08. The summed E-state index contributed by atoms with van der Waals surface area (Å²) in [5, 5.41) is 20.4. The fourth-order valence-corrected chi connectivity index (χ4v) is 7.08. The van der Waals surface area contributed by atoms with Gasteiger partial charge in [-0.2, -0.15) is 15.0 Å². The van der Waals surface area contributed by atoms with Gasteiger partial charge in [0.05, 0.1) is 44.4 Å². The lowest BCUT2D eigenvalue weighted by atomic mass is 9.97. The van der Waals surface area contributed by atoms with Crippen LogP contribution in [0, 0.1) is 18.3 Å². The topological polar surface area (TPSA) is 277 Å². The summed E-state index contributed by atoms with van der Waals surface area (Å²) in [6.45, 7) is 12.3. The fourth-order valence-electron chi connectivity index (χ4n) is 7.08. The molecule has 0 spiro atoms. The van der Waals surface area contributed by atoms with Crippen LogP contribution in [-0.4, -0.2) is 184 Å². The van der Waals surface area contributed by atoms with Crippen LogP contribution in [0.4, 0.5) is 17.8 Å². The van der Waals surface area contributed by atoms with Crippen molar-refractivity contribution in [1.29, 1.82) is 0 Å². The number of piperazine rings is 2. The predicted molar refractivity (Wildman–Crippen MR) is 237 cm³/mol. The molecule has 7 N–H and O–H groups in total. The van der Waals surface area contributed by atoms with Gasteiger partial charge in [0.15, 0.2) is 5.96 Å². The normalized spacial score (nSPS) is 15.3. The number of carbonyl (C=O) groups is 2. The molecule has 2 aliphatic rings. The van der Waals surface area contributed by atoms with Gasteiger partial charge >= 0.3 is 0 Å². The highest BCUT2D eigenvalue weighted by atomic mass is 16.5. The van der Waals surface area contributed by atoms with Crippen molar-refractivity contribution in [3.8, 4) is 12.3 Å². The number of anilines is 3. The molecule has 2 saturated heterocycles. The maximum Gasteiger partial charge on any atom is 0.247 e. The van der Waals surface area contributed by atoms with Gasteiger partial charge < -0.3 is 56.3 Å². The minimum atomic E-state index is -0.493. The molecule has 2 aliphatic heterocycles. The van der Waals surface area contributed by atoms with Crippen molar-refractivity contribution in [3.63, 3.8) is 0 Å². The number of hydrogen-bond acceptors (Lipinski definition) is 17. The molecule has 2 atom stereocenters. The minimum Gasteiger partial charge on any atom is -0.377 e. The monoisotopic (exact) mass is 879 g/mol. The van der Waals surface area contributed by atoms with Gasteiger partial charge in [-0.1, -0.05) is 36.6 Å². The lowest BCUT2D eigenvalue weighted by Gasteiger charge is -2.38. The zero-order valence-corrected chi connectivity index (χ0v) is 36.9. The summed E-state index contributed by atoms with van der Waals surface area (Å²) < 4.78 is 19.8. The molecule has 0 radical (unpaired) electrons. The van der Waals surface area contributed by atoms with Gasteiger partial charge in [-0.3, -0.25) is 14.6 Å². The number of nitrogens with two attached hydrogens (primary N) is 3. The first-order valence-corrected chi connectivity index (χ1v) is 22.0. The minimum absolute atomic E-state index is 0.00136. The molecular weight excluding hydrogens is 813 g/mol. The Morgan fingerprint density at radius 3 is 2.10 bits per heavy atom. The number of amides is 2. The average Bonchev–Trinajstić information content (AvgIpc) is 3.96. The van der Waals surface area contributed by atoms with Gasteiger partial charge in [-0.25, -0.2) is 9.36 Å². The highest BCUT2D eigenvalue weighted by Gasteiger charge is 2.34. The molecule has 5 rings (SSSR count). The quantitative estimate of drug-likeness (QED) is 0.0307. The first-order valence-electron chi connectivity index (χ1n) is 22.0. The van der Waals surface area contributed by atoms with Gasteiger partial charge in [0.2, 0.25) is 29.7 Å². The second-order valence-corrected chi connectivity index (χ2v) is 15.4. The molecule has 0 saturated carbocycles. The van der Waals surface area contributed by atoms with Crippen molar-refractivity contribution in [2.75, 3.05) is 127 Å². The Labute approximate surface area is 369 Å². The maximum absolute atomic E-state index is 14.2. The summed E-state index contributed by atoms with van der Waals surface area (Å²) in [5.74, 6) is 3.90. The van der Waals surface area contributed by atoms with Gasteiger partial charge in [-0.05, 0) is 44.6 Å². The second-order valence-electron chi connectivity index (χ2n) is 15.4. The van der Waals surface area contributed by atoms with Crippen LogP contribution in [0.3, 0.4) is 0 Å². The number of aliphatic imine (C=N–C) groups is 1. The van der Waals surface area contributed by atoms with E-state index >= 15 is 0 Å². The van der Waals surface area contributed by atoms with E-state index in [-0.39, 0.29) is 36.8 Å². The molecule has 0 aliphatic carbocycles. The number of guanidine groups is 1. The Morgan fingerprint density at radius 2 is 1.44 bits per heavy atom. The van der Waals surface area contributed by atoms with Crippen LogP contribution in [-0.2, 0) is 43.2 Å². The molecule has 2 fully saturated rings. The summed E-state index contributed by atoms with van der Waals surface area (Å²) in [6.07, 6.45) is 13.7. The van der Waals surface area contributed by atoms with Crippen LogP contribution in [0.25, 0.3) is 0 Å². The van der Waals surface area contributed by atoms with E-state index in [9.17, 15) is 9.59 Å². The van der Waals surface area contributed by atoms with Crippen molar-refractivity contribution in [3.05, 3.63) is 23.8 Å². The van der Waals surface area contributed by atoms with Crippen LogP contribution < -0.4 is 32.3 Å². The van der Waals surface area contributed by atoms with Gasteiger partial charge in [0.25, 0.3) is 0 Å². The van der Waals surface area contributed by atoms with Gasteiger partial charge in [0.1, 0.15) is 19.2 Å². The molecular formula is C40H66N18O5. The first kappa shape index (κ1) is 48.3. The van der Waals surface area contributed by atoms with E-state index in [0.29, 0.717) is 136 Å². The van der Waals surface area contributed by atoms with E-state index in [0.717, 1.165) is 37.1 Å². The Bertz CT molecular complexity index is 1900. The standard InChI is InChI=1S/C40H66N18O5/c1-4-22-61-24-26-63-27-25-62-23-13-45-38-46-39(55-18-14-53(15-19-55)34(59)30-57-28-32(49-51-57)9-6-7-11-41)48-40(47-38)56-20-16-54(17-21-56)36(60)35(31(3)5-2)58-29-33(50-52-58)10-8-12-44-37(42)43/h1,28-29,31,35H,5-27,30,41H2,2-3H3,(H4,42,43,44)(H,45,46,47,48)/t31-,35-/m0/s1. The number of terminal acetylenes is 1. The van der Waals surface area contributed by atoms with Crippen LogP contribution in [0.2, 0.25) is 0 Å². The van der Waals surface area contributed by atoms with Crippen molar-refractivity contribution in [1.82, 2.24) is 54.7 Å². The SMILES string of the molecule is C#CCOCCOCCOCCNc1nc(N2CCN(C(=O)Cn3cc(CCCCN)nn3)CC2)nc(N2CCN(C(=O)[C@H]([C@@H](C)CC)n3cc(CCCN=C(N)N)nn3)CC2)n1. The van der Waals surface area contributed by atoms with Crippen molar-refractivity contribution in [2.24, 2.45) is 28.1 Å². The second kappa shape index (κ2) is 26.0. The number of aromatic nitrogens is 9. The lowest BCUT2D eigenvalue weighted by molar-refractivity contribution is -0.137. The van der Waals surface area contributed by atoms with Gasteiger partial charge in [-0.15, -0.1) is 16.6 Å².